The average Bonchev–Trinajstić information content (AvgIpc) is 2.75. The third-order valence-corrected chi connectivity index (χ3v) is 3.41. The van der Waals surface area contributed by atoms with E-state index in [0.29, 0.717) is 16.2 Å². The molecule has 0 fully saturated rings. The summed E-state index contributed by atoms with van der Waals surface area (Å²) in [6, 6.07) is 5.28. The third-order valence-electron chi connectivity index (χ3n) is 3.11. The van der Waals surface area contributed by atoms with Gasteiger partial charge < -0.3 is 14.8 Å². The summed E-state index contributed by atoms with van der Waals surface area (Å²) in [7, 11) is 0. The van der Waals surface area contributed by atoms with Gasteiger partial charge in [-0.15, -0.1) is 0 Å². The van der Waals surface area contributed by atoms with Gasteiger partial charge in [0.2, 0.25) is 0 Å². The van der Waals surface area contributed by atoms with Gasteiger partial charge in [-0.3, -0.25) is 9.59 Å². The van der Waals surface area contributed by atoms with Crippen LogP contribution in [-0.4, -0.2) is 23.5 Å². The highest BCUT2D eigenvalue weighted by atomic mass is 35.5. The highest BCUT2D eigenvalue weighted by molar-refractivity contribution is 6.35. The van der Waals surface area contributed by atoms with Crippen molar-refractivity contribution in [3.05, 3.63) is 34.5 Å². The summed E-state index contributed by atoms with van der Waals surface area (Å²) >= 11 is 6.01. The number of amides is 1. The Balaban J connectivity index is 2.25. The highest BCUT2D eigenvalue weighted by Gasteiger charge is 2.20. The summed E-state index contributed by atoms with van der Waals surface area (Å²) in [5.41, 5.74) is 1.14. The first kappa shape index (κ1) is 14.4. The van der Waals surface area contributed by atoms with Crippen LogP contribution in [-0.2, 0) is 4.79 Å². The summed E-state index contributed by atoms with van der Waals surface area (Å²) in [5.74, 6) is -1.91. The molecule has 0 bridgehead atoms. The number of hydrogen-bond acceptors (Lipinski definition) is 3. The molecule has 20 heavy (non-hydrogen) atoms. The number of fused-ring (bicyclic) bond motifs is 1. The lowest BCUT2D eigenvalue weighted by Gasteiger charge is -2.07. The topological polar surface area (TPSA) is 79.5 Å². The molecule has 1 amide bonds. The number of aliphatic carboxylic acids is 1. The number of benzene rings is 1. The Morgan fingerprint density at radius 2 is 2.15 bits per heavy atom. The van der Waals surface area contributed by atoms with Gasteiger partial charge in [-0.1, -0.05) is 30.7 Å². The van der Waals surface area contributed by atoms with Crippen LogP contribution in [0.4, 0.5) is 0 Å². The molecule has 1 aromatic carbocycles. The number of rotatable bonds is 4. The number of hydrogen-bond donors (Lipinski definition) is 2. The number of halogens is 1. The van der Waals surface area contributed by atoms with E-state index in [-0.39, 0.29) is 12.3 Å². The van der Waals surface area contributed by atoms with Crippen molar-refractivity contribution in [1.29, 1.82) is 0 Å². The molecule has 2 N–H and O–H groups in total. The highest BCUT2D eigenvalue weighted by Crippen LogP contribution is 2.30. The minimum Gasteiger partial charge on any atom is -0.481 e. The van der Waals surface area contributed by atoms with Crippen LogP contribution in [0.1, 0.15) is 23.0 Å². The maximum atomic E-state index is 12.0. The van der Waals surface area contributed by atoms with Crippen molar-refractivity contribution in [3.63, 3.8) is 0 Å². The quantitative estimate of drug-likeness (QED) is 0.909. The van der Waals surface area contributed by atoms with Crippen molar-refractivity contribution < 1.29 is 19.1 Å². The summed E-state index contributed by atoms with van der Waals surface area (Å²) < 4.78 is 5.49. The molecular weight excluding hydrogens is 282 g/mol. The van der Waals surface area contributed by atoms with E-state index in [1.54, 1.807) is 19.1 Å². The Kier molecular flexibility index (Phi) is 3.99. The predicted molar refractivity (Wildman–Crippen MR) is 75.1 cm³/mol. The molecule has 1 unspecified atom stereocenters. The van der Waals surface area contributed by atoms with E-state index < -0.39 is 17.8 Å². The molecule has 1 heterocycles. The van der Waals surface area contributed by atoms with Gasteiger partial charge in [-0.2, -0.15) is 0 Å². The molecular formula is C14H14ClNO4. The lowest BCUT2D eigenvalue weighted by molar-refractivity contribution is -0.140. The molecule has 0 spiro atoms. The molecule has 0 radical (unpaired) electrons. The van der Waals surface area contributed by atoms with Crippen molar-refractivity contribution >= 4 is 34.4 Å². The minimum atomic E-state index is -0.963. The molecule has 106 valence electrons. The molecule has 2 aromatic rings. The van der Waals surface area contributed by atoms with E-state index in [0.717, 1.165) is 5.39 Å². The van der Waals surface area contributed by atoms with Gasteiger partial charge in [0.15, 0.2) is 11.3 Å². The van der Waals surface area contributed by atoms with Crippen molar-refractivity contribution in [1.82, 2.24) is 5.32 Å². The van der Waals surface area contributed by atoms with Gasteiger partial charge in [-0.05, 0) is 13.0 Å². The summed E-state index contributed by atoms with van der Waals surface area (Å²) in [4.78, 5) is 22.7. The van der Waals surface area contributed by atoms with Gasteiger partial charge >= 0.3 is 5.97 Å². The van der Waals surface area contributed by atoms with Crippen molar-refractivity contribution in [2.45, 2.75) is 13.8 Å². The van der Waals surface area contributed by atoms with Gasteiger partial charge in [0, 0.05) is 17.5 Å². The Labute approximate surface area is 120 Å². The zero-order valence-corrected chi connectivity index (χ0v) is 11.8. The van der Waals surface area contributed by atoms with E-state index in [2.05, 4.69) is 5.32 Å². The molecule has 0 saturated carbocycles. The number of para-hydroxylation sites is 1. The van der Waals surface area contributed by atoms with E-state index >= 15 is 0 Å². The standard InChI is InChI=1S/C14H14ClNO4/c1-7(14(18)19)6-16-13(17)11-8(2)9-4-3-5-10(15)12(9)20-11/h3-5,7H,6H2,1-2H3,(H,16,17)(H,18,19). The summed E-state index contributed by atoms with van der Waals surface area (Å²) in [5, 5.41) is 12.5. The summed E-state index contributed by atoms with van der Waals surface area (Å²) in [6.45, 7) is 3.32. The number of aryl methyl sites for hydroxylation is 1. The fourth-order valence-corrected chi connectivity index (χ4v) is 2.05. The lowest BCUT2D eigenvalue weighted by Crippen LogP contribution is -2.31. The average molecular weight is 296 g/mol. The van der Waals surface area contributed by atoms with E-state index in [4.69, 9.17) is 21.1 Å². The SMILES string of the molecule is Cc1c(C(=O)NCC(C)C(=O)O)oc2c(Cl)cccc12. The van der Waals surface area contributed by atoms with Gasteiger partial charge in [0.05, 0.1) is 10.9 Å². The van der Waals surface area contributed by atoms with Crippen molar-refractivity contribution in [3.8, 4) is 0 Å². The minimum absolute atomic E-state index is 0.0401. The van der Waals surface area contributed by atoms with E-state index in [1.807, 2.05) is 6.07 Å². The monoisotopic (exact) mass is 295 g/mol. The number of carboxylic acids is 1. The van der Waals surface area contributed by atoms with Crippen LogP contribution in [0.25, 0.3) is 11.0 Å². The first-order chi connectivity index (χ1) is 9.41. The largest absolute Gasteiger partial charge is 0.481 e. The zero-order chi connectivity index (χ0) is 14.9. The van der Waals surface area contributed by atoms with Crippen LogP contribution < -0.4 is 5.32 Å². The maximum absolute atomic E-state index is 12.0. The first-order valence-corrected chi connectivity index (χ1v) is 6.48. The maximum Gasteiger partial charge on any atom is 0.308 e. The van der Waals surface area contributed by atoms with Crippen LogP contribution in [0.2, 0.25) is 5.02 Å². The lowest BCUT2D eigenvalue weighted by atomic mass is 10.1. The molecule has 0 saturated heterocycles. The van der Waals surface area contributed by atoms with E-state index in [1.165, 1.54) is 6.92 Å². The fraction of sp³-hybridized carbons (Fsp3) is 0.286. The predicted octanol–water partition coefficient (Wildman–Crippen LogP) is 2.85. The van der Waals surface area contributed by atoms with Gasteiger partial charge in [0.25, 0.3) is 5.91 Å². The second kappa shape index (κ2) is 5.54. The van der Waals surface area contributed by atoms with Gasteiger partial charge in [0.1, 0.15) is 0 Å². The number of furan rings is 1. The molecule has 2 rings (SSSR count). The molecule has 0 aliphatic heterocycles. The molecule has 1 atom stereocenters. The number of nitrogens with one attached hydrogen (secondary N) is 1. The Hall–Kier alpha value is -2.01. The number of carbonyl (C=O) groups is 2. The molecule has 1 aromatic heterocycles. The van der Waals surface area contributed by atoms with Crippen LogP contribution in [0, 0.1) is 12.8 Å². The Bertz CT molecular complexity index is 677. The van der Waals surface area contributed by atoms with E-state index in [9.17, 15) is 9.59 Å². The van der Waals surface area contributed by atoms with Crippen LogP contribution in [0.5, 0.6) is 0 Å². The smallest absolute Gasteiger partial charge is 0.308 e. The van der Waals surface area contributed by atoms with Crippen molar-refractivity contribution in [2.24, 2.45) is 5.92 Å². The third kappa shape index (κ3) is 2.63. The molecule has 6 heteroatoms. The molecule has 5 nitrogen and oxygen atoms in total. The van der Waals surface area contributed by atoms with Crippen LogP contribution in [0.3, 0.4) is 0 Å². The second-order valence-electron chi connectivity index (χ2n) is 4.62. The zero-order valence-electron chi connectivity index (χ0n) is 11.1. The fourth-order valence-electron chi connectivity index (χ4n) is 1.84. The van der Waals surface area contributed by atoms with Crippen LogP contribution >= 0.6 is 11.6 Å². The Morgan fingerprint density at radius 1 is 1.45 bits per heavy atom. The van der Waals surface area contributed by atoms with Gasteiger partial charge in [-0.25, -0.2) is 0 Å². The van der Waals surface area contributed by atoms with Crippen molar-refractivity contribution in [2.75, 3.05) is 6.54 Å². The molecule has 0 aliphatic carbocycles. The normalized spacial score (nSPS) is 12.3. The number of carboxylic acid groups (broad SMARTS) is 1. The molecule has 0 aliphatic rings. The first-order valence-electron chi connectivity index (χ1n) is 6.10. The Morgan fingerprint density at radius 3 is 2.75 bits per heavy atom. The summed E-state index contributed by atoms with van der Waals surface area (Å²) in [6.07, 6.45) is 0. The van der Waals surface area contributed by atoms with Crippen LogP contribution in [0.15, 0.2) is 22.6 Å². The number of carbonyl (C=O) groups excluding carboxylic acids is 1. The second-order valence-corrected chi connectivity index (χ2v) is 5.03.